The van der Waals surface area contributed by atoms with Gasteiger partial charge in [-0.2, -0.15) is 0 Å². The molecule has 3 aromatic carbocycles. The predicted molar refractivity (Wildman–Crippen MR) is 125 cm³/mol. The van der Waals surface area contributed by atoms with Crippen LogP contribution in [0.3, 0.4) is 0 Å². The lowest BCUT2D eigenvalue weighted by atomic mass is 10.1. The van der Waals surface area contributed by atoms with E-state index in [9.17, 15) is 9.59 Å². The maximum Gasteiger partial charge on any atom is 0.251 e. The van der Waals surface area contributed by atoms with E-state index in [1.54, 1.807) is 12.1 Å². The van der Waals surface area contributed by atoms with Crippen LogP contribution < -0.4 is 5.32 Å². The molecule has 0 aliphatic rings. The molecular weight excluding hydrogens is 384 g/mol. The molecule has 1 N–H and O–H groups in total. The highest BCUT2D eigenvalue weighted by atomic mass is 16.1. The van der Waals surface area contributed by atoms with Crippen LogP contribution in [0.15, 0.2) is 91.0 Å². The average molecular weight is 409 g/mol. The summed E-state index contributed by atoms with van der Waals surface area (Å²) in [4.78, 5) is 23.5. The zero-order valence-corrected chi connectivity index (χ0v) is 17.2. The van der Waals surface area contributed by atoms with Crippen molar-refractivity contribution in [2.75, 3.05) is 6.54 Å². The standard InChI is InChI=1S/C27H24N2O2/c30-19-9-16-26-24(17-18-28-27(31)22-12-5-2-6-13-22)23-14-7-8-15-25(23)29(26)20-21-10-3-1-4-11-21/h1-16,19H,17-18,20H2,(H,28,31)/b16-9+. The topological polar surface area (TPSA) is 51.1 Å². The van der Waals surface area contributed by atoms with Gasteiger partial charge in [0.15, 0.2) is 0 Å². The zero-order chi connectivity index (χ0) is 21.5. The Balaban J connectivity index is 1.66. The van der Waals surface area contributed by atoms with Crippen LogP contribution in [0.25, 0.3) is 17.0 Å². The quantitative estimate of drug-likeness (QED) is 0.334. The van der Waals surface area contributed by atoms with Crippen LogP contribution in [0.5, 0.6) is 0 Å². The summed E-state index contributed by atoms with van der Waals surface area (Å²) in [5, 5.41) is 4.15. The molecule has 0 spiro atoms. The number of nitrogens with zero attached hydrogens (tertiary/aromatic N) is 1. The van der Waals surface area contributed by atoms with Gasteiger partial charge >= 0.3 is 0 Å². The van der Waals surface area contributed by atoms with Gasteiger partial charge in [-0.15, -0.1) is 0 Å². The maximum absolute atomic E-state index is 12.4. The lowest BCUT2D eigenvalue weighted by Crippen LogP contribution is -2.25. The molecule has 4 aromatic rings. The van der Waals surface area contributed by atoms with Crippen LogP contribution in [0, 0.1) is 0 Å². The van der Waals surface area contributed by atoms with Crippen molar-refractivity contribution in [3.8, 4) is 0 Å². The van der Waals surface area contributed by atoms with Gasteiger partial charge in [-0.1, -0.05) is 66.7 Å². The summed E-state index contributed by atoms with van der Waals surface area (Å²) in [6.07, 6.45) is 4.86. The molecule has 31 heavy (non-hydrogen) atoms. The normalized spacial score (nSPS) is 11.1. The third-order valence-corrected chi connectivity index (χ3v) is 5.33. The second-order valence-corrected chi connectivity index (χ2v) is 7.32. The molecule has 0 aliphatic heterocycles. The first-order chi connectivity index (χ1) is 15.3. The Morgan fingerprint density at radius 1 is 0.871 bits per heavy atom. The Kier molecular flexibility index (Phi) is 6.38. The van der Waals surface area contributed by atoms with Gasteiger partial charge < -0.3 is 9.88 Å². The Hall–Kier alpha value is -3.92. The Morgan fingerprint density at radius 2 is 1.55 bits per heavy atom. The van der Waals surface area contributed by atoms with Crippen LogP contribution >= 0.6 is 0 Å². The van der Waals surface area contributed by atoms with Crippen molar-refractivity contribution in [2.45, 2.75) is 13.0 Å². The van der Waals surface area contributed by atoms with Crippen molar-refractivity contribution >= 4 is 29.2 Å². The summed E-state index contributed by atoms with van der Waals surface area (Å²) < 4.78 is 2.24. The van der Waals surface area contributed by atoms with Crippen molar-refractivity contribution in [1.29, 1.82) is 0 Å². The molecular formula is C27H24N2O2. The van der Waals surface area contributed by atoms with Crippen LogP contribution in [-0.2, 0) is 17.8 Å². The minimum atomic E-state index is -0.0846. The summed E-state index contributed by atoms with van der Waals surface area (Å²) in [6.45, 7) is 1.21. The van der Waals surface area contributed by atoms with Crippen molar-refractivity contribution in [2.24, 2.45) is 0 Å². The van der Waals surface area contributed by atoms with Crippen molar-refractivity contribution in [3.63, 3.8) is 0 Å². The Morgan fingerprint density at radius 3 is 2.29 bits per heavy atom. The second-order valence-electron chi connectivity index (χ2n) is 7.32. The number of nitrogens with one attached hydrogen (secondary N) is 1. The largest absolute Gasteiger partial charge is 0.352 e. The van der Waals surface area contributed by atoms with E-state index in [0.29, 0.717) is 25.1 Å². The van der Waals surface area contributed by atoms with Gasteiger partial charge in [0.2, 0.25) is 0 Å². The number of hydrogen-bond donors (Lipinski definition) is 1. The minimum absolute atomic E-state index is 0.0846. The summed E-state index contributed by atoms with van der Waals surface area (Å²) in [5.41, 5.74) is 5.06. The number of aldehydes is 1. The number of fused-ring (bicyclic) bond motifs is 1. The molecule has 1 aromatic heterocycles. The van der Waals surface area contributed by atoms with E-state index in [-0.39, 0.29) is 5.91 Å². The third-order valence-electron chi connectivity index (χ3n) is 5.33. The molecule has 0 radical (unpaired) electrons. The number of amides is 1. The van der Waals surface area contributed by atoms with E-state index < -0.39 is 0 Å². The highest BCUT2D eigenvalue weighted by Crippen LogP contribution is 2.29. The van der Waals surface area contributed by atoms with E-state index >= 15 is 0 Å². The van der Waals surface area contributed by atoms with Gasteiger partial charge in [-0.25, -0.2) is 0 Å². The number of carbonyl (C=O) groups is 2. The van der Waals surface area contributed by atoms with E-state index in [1.165, 1.54) is 11.6 Å². The highest BCUT2D eigenvalue weighted by molar-refractivity contribution is 5.94. The molecule has 4 nitrogen and oxygen atoms in total. The first-order valence-corrected chi connectivity index (χ1v) is 10.4. The van der Waals surface area contributed by atoms with Crippen LogP contribution in [-0.4, -0.2) is 23.3 Å². The molecule has 154 valence electrons. The molecule has 1 heterocycles. The van der Waals surface area contributed by atoms with E-state index in [0.717, 1.165) is 28.4 Å². The number of hydrogen-bond acceptors (Lipinski definition) is 2. The maximum atomic E-state index is 12.4. The van der Waals surface area contributed by atoms with E-state index in [2.05, 4.69) is 34.1 Å². The molecule has 0 bridgehead atoms. The molecule has 1 amide bonds. The fraction of sp³-hybridized carbons (Fsp3) is 0.111. The second kappa shape index (κ2) is 9.72. The lowest BCUT2D eigenvalue weighted by molar-refractivity contribution is -0.104. The fourth-order valence-corrected chi connectivity index (χ4v) is 3.91. The Labute approximate surface area is 181 Å². The first kappa shape index (κ1) is 20.4. The third kappa shape index (κ3) is 4.64. The summed E-state index contributed by atoms with van der Waals surface area (Å²) in [7, 11) is 0. The number of carbonyl (C=O) groups excluding carboxylic acids is 2. The summed E-state index contributed by atoms with van der Waals surface area (Å²) >= 11 is 0. The minimum Gasteiger partial charge on any atom is -0.352 e. The Bertz CT molecular complexity index is 1210. The van der Waals surface area contributed by atoms with Crippen molar-refractivity contribution in [1.82, 2.24) is 9.88 Å². The van der Waals surface area contributed by atoms with Crippen molar-refractivity contribution in [3.05, 3.63) is 113 Å². The van der Waals surface area contributed by atoms with Gasteiger partial charge in [-0.3, -0.25) is 9.59 Å². The van der Waals surface area contributed by atoms with Crippen molar-refractivity contribution < 1.29 is 9.59 Å². The fourth-order valence-electron chi connectivity index (χ4n) is 3.91. The monoisotopic (exact) mass is 408 g/mol. The number of allylic oxidation sites excluding steroid dienone is 1. The average Bonchev–Trinajstić information content (AvgIpc) is 3.11. The molecule has 4 heteroatoms. The smallest absolute Gasteiger partial charge is 0.251 e. The number of rotatable bonds is 8. The highest BCUT2D eigenvalue weighted by Gasteiger charge is 2.16. The lowest BCUT2D eigenvalue weighted by Gasteiger charge is -2.10. The molecule has 0 saturated carbocycles. The molecule has 0 fully saturated rings. The van der Waals surface area contributed by atoms with Crippen LogP contribution in [0.4, 0.5) is 0 Å². The SMILES string of the molecule is O=C/C=C/c1c(CCNC(=O)c2ccccc2)c2ccccc2n1Cc1ccccc1. The zero-order valence-electron chi connectivity index (χ0n) is 17.2. The van der Waals surface area contributed by atoms with Gasteiger partial charge in [0.1, 0.15) is 6.29 Å². The molecule has 0 aliphatic carbocycles. The van der Waals surface area contributed by atoms with Crippen LogP contribution in [0.2, 0.25) is 0 Å². The summed E-state index contributed by atoms with van der Waals surface area (Å²) in [5.74, 6) is -0.0846. The van der Waals surface area contributed by atoms with E-state index in [1.807, 2.05) is 54.6 Å². The molecule has 0 unspecified atom stereocenters. The molecule has 0 atom stereocenters. The number of aromatic nitrogens is 1. The molecule has 4 rings (SSSR count). The first-order valence-electron chi connectivity index (χ1n) is 10.4. The van der Waals surface area contributed by atoms with Gasteiger partial charge in [-0.05, 0) is 47.9 Å². The van der Waals surface area contributed by atoms with Gasteiger partial charge in [0.05, 0.1) is 0 Å². The number of para-hydroxylation sites is 1. The number of benzene rings is 3. The van der Waals surface area contributed by atoms with Crippen LogP contribution in [0.1, 0.15) is 27.2 Å². The van der Waals surface area contributed by atoms with Gasteiger partial charge in [0.25, 0.3) is 5.91 Å². The van der Waals surface area contributed by atoms with E-state index in [4.69, 9.17) is 0 Å². The molecule has 0 saturated heterocycles. The predicted octanol–water partition coefficient (Wildman–Crippen LogP) is 4.87. The summed E-state index contributed by atoms with van der Waals surface area (Å²) in [6, 6.07) is 27.7. The van der Waals surface area contributed by atoms with Gasteiger partial charge in [0, 0.05) is 35.2 Å².